The highest BCUT2D eigenvalue weighted by Crippen LogP contribution is 2.47. The molecule has 12 heteroatoms. The number of ether oxygens (including phenoxy) is 3. The van der Waals surface area contributed by atoms with E-state index in [1.807, 2.05) is 30.3 Å². The second kappa shape index (κ2) is 13.9. The van der Waals surface area contributed by atoms with Gasteiger partial charge in [-0.15, -0.1) is 0 Å². The van der Waals surface area contributed by atoms with Crippen LogP contribution in [0.25, 0.3) is 0 Å². The summed E-state index contributed by atoms with van der Waals surface area (Å²) in [5.41, 5.74) is -0.498. The number of aliphatic carboxylic acids is 1. The molecule has 2 aromatic rings. The fraction of sp³-hybridized carbons (Fsp3) is 0.517. The number of carbonyl (C=O) groups is 2. The van der Waals surface area contributed by atoms with E-state index in [1.54, 1.807) is 26.8 Å². The highest BCUT2D eigenvalue weighted by molar-refractivity contribution is 6.33. The monoisotopic (exact) mass is 598 g/mol. The Morgan fingerprint density at radius 3 is 2.32 bits per heavy atom. The van der Waals surface area contributed by atoms with E-state index in [4.69, 9.17) is 25.8 Å². The molecule has 0 spiro atoms. The molecule has 0 bridgehead atoms. The van der Waals surface area contributed by atoms with Crippen molar-refractivity contribution in [2.45, 2.75) is 71.0 Å². The number of nitrogens with zero attached hydrogens (tertiary/aromatic N) is 1. The Morgan fingerprint density at radius 1 is 1.15 bits per heavy atom. The molecule has 0 heterocycles. The van der Waals surface area contributed by atoms with E-state index >= 15 is 0 Å². The highest BCUT2D eigenvalue weighted by atomic mass is 35.5. The molecule has 0 amide bonds. The minimum absolute atomic E-state index is 0.0625. The van der Waals surface area contributed by atoms with E-state index in [2.05, 4.69) is 5.32 Å². The van der Waals surface area contributed by atoms with E-state index in [9.17, 15) is 28.6 Å². The van der Waals surface area contributed by atoms with Gasteiger partial charge in [-0.25, -0.2) is 8.78 Å². The van der Waals surface area contributed by atoms with E-state index < -0.39 is 42.7 Å². The molecule has 1 aliphatic rings. The van der Waals surface area contributed by atoms with Crippen molar-refractivity contribution in [3.63, 3.8) is 0 Å². The number of carbonyl (C=O) groups excluding carboxylic acids is 1. The number of hydrogen-bond acceptors (Lipinski definition) is 8. The normalized spacial score (nSPS) is 17.0. The number of benzene rings is 2. The molecule has 1 unspecified atom stereocenters. The molecule has 0 aromatic heterocycles. The molecule has 0 saturated heterocycles. The summed E-state index contributed by atoms with van der Waals surface area (Å²) in [6, 6.07) is 10.3. The number of Topliss-reactive ketones (excluding diaryl/α,β-unsaturated/α-hetero) is 1. The largest absolute Gasteiger partial charge is 0.493 e. The van der Waals surface area contributed by atoms with Crippen LogP contribution in [0, 0.1) is 0 Å². The average molecular weight is 599 g/mol. The van der Waals surface area contributed by atoms with Crippen molar-refractivity contribution in [3.05, 3.63) is 58.1 Å². The third kappa shape index (κ3) is 7.72. The summed E-state index contributed by atoms with van der Waals surface area (Å²) in [7, 11) is 0. The second-order valence-electron chi connectivity index (χ2n) is 9.97. The van der Waals surface area contributed by atoms with Gasteiger partial charge in [0.1, 0.15) is 16.9 Å². The third-order valence-electron chi connectivity index (χ3n) is 6.96. The zero-order valence-electron chi connectivity index (χ0n) is 23.6. The Hall–Kier alpha value is -2.83. The predicted molar refractivity (Wildman–Crippen MR) is 149 cm³/mol. The van der Waals surface area contributed by atoms with Gasteiger partial charge in [0.2, 0.25) is 0 Å². The SMILES string of the molecule is CCOc1cc([C@@H](C)N(CCOCc2ccccc2)C(O)NC2(C(=O)O)CC(F)(F)C2)c(Cl)c(OCC)c1C(C)=O. The summed E-state index contributed by atoms with van der Waals surface area (Å²) >= 11 is 6.77. The topological polar surface area (TPSA) is 118 Å². The molecule has 41 heavy (non-hydrogen) atoms. The second-order valence-corrected chi connectivity index (χ2v) is 10.3. The molecule has 1 fully saturated rings. The van der Waals surface area contributed by atoms with Crippen LogP contribution in [0.4, 0.5) is 8.78 Å². The number of aliphatic hydroxyl groups excluding tert-OH is 1. The van der Waals surface area contributed by atoms with Gasteiger partial charge in [-0.2, -0.15) is 0 Å². The van der Waals surface area contributed by atoms with Crippen molar-refractivity contribution in [1.29, 1.82) is 0 Å². The first kappa shape index (κ1) is 32.7. The highest BCUT2D eigenvalue weighted by Gasteiger charge is 2.62. The van der Waals surface area contributed by atoms with E-state index in [1.165, 1.54) is 11.8 Å². The van der Waals surface area contributed by atoms with Gasteiger partial charge in [-0.3, -0.25) is 19.8 Å². The first-order valence-electron chi connectivity index (χ1n) is 13.4. The van der Waals surface area contributed by atoms with Gasteiger partial charge >= 0.3 is 5.97 Å². The molecular formula is C29H37ClF2N2O7. The summed E-state index contributed by atoms with van der Waals surface area (Å²) in [6.45, 7) is 7.47. The third-order valence-corrected chi connectivity index (χ3v) is 7.35. The van der Waals surface area contributed by atoms with Crippen LogP contribution in [-0.4, -0.2) is 71.0 Å². The fourth-order valence-electron chi connectivity index (χ4n) is 4.93. The average Bonchev–Trinajstić information content (AvgIpc) is 2.89. The maximum atomic E-state index is 13.8. The lowest BCUT2D eigenvalue weighted by atomic mass is 9.73. The Bertz CT molecular complexity index is 1210. The maximum Gasteiger partial charge on any atom is 0.324 e. The predicted octanol–water partition coefficient (Wildman–Crippen LogP) is 5.04. The molecular weight excluding hydrogens is 562 g/mol. The number of halogens is 3. The minimum atomic E-state index is -3.16. The maximum absolute atomic E-state index is 13.8. The van der Waals surface area contributed by atoms with E-state index in [0.717, 1.165) is 5.56 Å². The molecule has 9 nitrogen and oxygen atoms in total. The fourth-order valence-corrected chi connectivity index (χ4v) is 5.29. The summed E-state index contributed by atoms with van der Waals surface area (Å²) < 4.78 is 44.8. The molecule has 0 radical (unpaired) electrons. The van der Waals surface area contributed by atoms with Crippen molar-refractivity contribution in [3.8, 4) is 11.5 Å². The summed E-state index contributed by atoms with van der Waals surface area (Å²) in [4.78, 5) is 25.9. The Morgan fingerprint density at radius 2 is 1.78 bits per heavy atom. The number of alkyl halides is 2. The van der Waals surface area contributed by atoms with Crippen molar-refractivity contribution in [2.24, 2.45) is 0 Å². The molecule has 226 valence electrons. The van der Waals surface area contributed by atoms with Gasteiger partial charge < -0.3 is 24.4 Å². The minimum Gasteiger partial charge on any atom is -0.493 e. The number of aliphatic hydroxyl groups is 1. The van der Waals surface area contributed by atoms with E-state index in [0.29, 0.717) is 5.56 Å². The number of carboxylic acids is 1. The molecule has 2 aromatic carbocycles. The van der Waals surface area contributed by atoms with Crippen LogP contribution in [0.3, 0.4) is 0 Å². The number of hydrogen-bond donors (Lipinski definition) is 3. The van der Waals surface area contributed by atoms with Crippen LogP contribution in [0.1, 0.15) is 68.1 Å². The smallest absolute Gasteiger partial charge is 0.324 e. The zero-order chi connectivity index (χ0) is 30.4. The number of rotatable bonds is 16. The molecule has 3 N–H and O–H groups in total. The Balaban J connectivity index is 1.96. The van der Waals surface area contributed by atoms with Gasteiger partial charge in [0.15, 0.2) is 17.9 Å². The van der Waals surface area contributed by atoms with Crippen molar-refractivity contribution < 1.29 is 42.8 Å². The van der Waals surface area contributed by atoms with Crippen LogP contribution in [0.15, 0.2) is 36.4 Å². The number of ketones is 1. The summed E-state index contributed by atoms with van der Waals surface area (Å²) in [5, 5.41) is 23.6. The van der Waals surface area contributed by atoms with Gasteiger partial charge in [0.05, 0.1) is 31.5 Å². The van der Waals surface area contributed by atoms with Gasteiger partial charge in [-0.05, 0) is 44.9 Å². The van der Waals surface area contributed by atoms with Crippen LogP contribution in [0.2, 0.25) is 5.02 Å². The standard InChI is InChI=1S/C29H37ClF2N2O7/c1-5-40-22-14-21(24(30)25(41-6-2)23(22)19(4)35)18(3)34(12-13-39-15-20-10-8-7-9-11-20)27(38)33-28(26(36)37)16-29(31,32)17-28/h7-11,14,18,27,33,38H,5-6,12-13,15-17H2,1-4H3,(H,36,37)/t18-,27?/m1/s1. The van der Waals surface area contributed by atoms with Gasteiger partial charge in [0, 0.05) is 25.4 Å². The van der Waals surface area contributed by atoms with Crippen LogP contribution in [-0.2, 0) is 16.1 Å². The Kier molecular flexibility index (Phi) is 11.1. The molecule has 1 aliphatic carbocycles. The lowest BCUT2D eigenvalue weighted by Gasteiger charge is -2.47. The van der Waals surface area contributed by atoms with Crippen LogP contribution in [0.5, 0.6) is 11.5 Å². The van der Waals surface area contributed by atoms with Crippen molar-refractivity contribution in [2.75, 3.05) is 26.4 Å². The van der Waals surface area contributed by atoms with Crippen LogP contribution < -0.4 is 14.8 Å². The lowest BCUT2D eigenvalue weighted by Crippen LogP contribution is -2.69. The first-order chi connectivity index (χ1) is 19.4. The van der Waals surface area contributed by atoms with Crippen molar-refractivity contribution >= 4 is 23.4 Å². The first-order valence-corrected chi connectivity index (χ1v) is 13.8. The summed E-state index contributed by atoms with van der Waals surface area (Å²) in [6.07, 6.45) is -3.60. The zero-order valence-corrected chi connectivity index (χ0v) is 24.3. The quantitative estimate of drug-likeness (QED) is 0.139. The van der Waals surface area contributed by atoms with Crippen LogP contribution >= 0.6 is 11.6 Å². The molecule has 3 rings (SSSR count). The summed E-state index contributed by atoms with van der Waals surface area (Å²) in [5.74, 6) is -4.61. The number of carboxylic acid groups (broad SMARTS) is 1. The van der Waals surface area contributed by atoms with Crippen molar-refractivity contribution in [1.82, 2.24) is 10.2 Å². The van der Waals surface area contributed by atoms with E-state index in [-0.39, 0.29) is 60.8 Å². The van der Waals surface area contributed by atoms with Gasteiger partial charge in [0.25, 0.3) is 5.92 Å². The molecule has 0 aliphatic heterocycles. The van der Waals surface area contributed by atoms with Gasteiger partial charge in [-0.1, -0.05) is 41.9 Å². The Labute approximate surface area is 243 Å². The lowest BCUT2D eigenvalue weighted by molar-refractivity contribution is -0.192. The molecule has 1 saturated carbocycles. The molecule has 2 atom stereocenters. The number of nitrogens with one attached hydrogen (secondary N) is 1.